The fraction of sp³-hybridized carbons (Fsp3) is 0.750. The Kier molecular flexibility index (Phi) is 6.03. The van der Waals surface area contributed by atoms with Crippen LogP contribution in [0.25, 0.3) is 0 Å². The van der Waals surface area contributed by atoms with Crippen LogP contribution in [0.5, 0.6) is 0 Å². The zero-order valence-corrected chi connectivity index (χ0v) is 19.3. The average Bonchev–Trinajstić information content (AvgIpc) is 3.16. The van der Waals surface area contributed by atoms with Crippen molar-refractivity contribution < 1.29 is 38.4 Å². The van der Waals surface area contributed by atoms with Crippen LogP contribution in [0.15, 0.2) is 23.8 Å². The Morgan fingerprint density at radius 3 is 2.59 bits per heavy atom. The van der Waals surface area contributed by atoms with Crippen molar-refractivity contribution in [2.45, 2.75) is 50.7 Å². The molecule has 4 rings (SSSR count). The van der Waals surface area contributed by atoms with Gasteiger partial charge in [0, 0.05) is 20.1 Å². The zero-order chi connectivity index (χ0) is 23.3. The molecule has 0 aromatic carbocycles. The van der Waals surface area contributed by atoms with Crippen molar-refractivity contribution in [2.75, 3.05) is 34.9 Å². The van der Waals surface area contributed by atoms with Gasteiger partial charge in [-0.1, -0.05) is 18.2 Å². The molecule has 1 N–H and O–H groups in total. The maximum absolute atomic E-state index is 13.4. The van der Waals surface area contributed by atoms with Crippen molar-refractivity contribution in [3.63, 3.8) is 0 Å². The molecule has 3 saturated carbocycles. The molecule has 178 valence electrons. The van der Waals surface area contributed by atoms with Crippen LogP contribution in [0, 0.1) is 28.6 Å². The largest absolute Gasteiger partial charge is 0.469 e. The van der Waals surface area contributed by atoms with Crippen molar-refractivity contribution in [3.05, 3.63) is 23.8 Å². The molecule has 0 heterocycles. The summed E-state index contributed by atoms with van der Waals surface area (Å²) in [7, 11) is 4.41. The van der Waals surface area contributed by atoms with Crippen molar-refractivity contribution in [1.82, 2.24) is 0 Å². The highest BCUT2D eigenvalue weighted by molar-refractivity contribution is 5.83. The number of hydrogen-bond donors (Lipinski definition) is 1. The smallest absolute Gasteiger partial charge is 0.314 e. The van der Waals surface area contributed by atoms with Gasteiger partial charge in [0.2, 0.25) is 0 Å². The first-order valence-corrected chi connectivity index (χ1v) is 11.1. The van der Waals surface area contributed by atoms with Crippen LogP contribution in [0.2, 0.25) is 0 Å². The summed E-state index contributed by atoms with van der Waals surface area (Å²) < 4.78 is 27.0. The molecule has 8 heteroatoms. The minimum absolute atomic E-state index is 0.0274. The number of carbonyl (C=O) groups excluding carboxylic acids is 2. The Morgan fingerprint density at radius 1 is 1.22 bits per heavy atom. The van der Waals surface area contributed by atoms with Gasteiger partial charge in [-0.25, -0.2) is 0 Å². The predicted octanol–water partition coefficient (Wildman–Crippen LogP) is 2.36. The topological polar surface area (TPSA) is 101 Å². The standard InChI is InChI=1S/C24H34O8/c1-14-9-23-11-24(14,32-13-29-4)7-6-17(23)16-8-15(25)10-22(2,21(27)31-12-28-3)18(16)19(23)20(26)30-5/h8,15,17-19,25H,1,6-7,9-13H2,2-5H3/t15-,17-,18+,19+,22+,23-,24-/m0/s1. The molecule has 0 unspecified atom stereocenters. The van der Waals surface area contributed by atoms with E-state index in [2.05, 4.69) is 6.58 Å². The lowest BCUT2D eigenvalue weighted by molar-refractivity contribution is -0.176. The van der Waals surface area contributed by atoms with Crippen molar-refractivity contribution >= 4 is 11.9 Å². The third-order valence-electron chi connectivity index (χ3n) is 8.43. The molecule has 4 aliphatic rings. The molecule has 3 fully saturated rings. The first kappa shape index (κ1) is 23.4. The first-order valence-electron chi connectivity index (χ1n) is 11.1. The SMILES string of the molecule is C=C1C[C@]23C[C@@]1(OCOC)CC[C@H]2C1=C[C@H](O)C[C@@](C)(C(=O)OCOC)[C@H]1[C@@H]3C(=O)OC. The summed E-state index contributed by atoms with van der Waals surface area (Å²) in [6, 6.07) is 0. The molecular weight excluding hydrogens is 416 g/mol. The summed E-state index contributed by atoms with van der Waals surface area (Å²) in [5, 5.41) is 10.7. The number of rotatable bonds is 7. The minimum Gasteiger partial charge on any atom is -0.469 e. The number of aliphatic hydroxyl groups is 1. The second-order valence-electron chi connectivity index (χ2n) is 10.00. The molecular formula is C24H34O8. The van der Waals surface area contributed by atoms with E-state index in [4.69, 9.17) is 23.7 Å². The number of allylic oxidation sites excluding steroid dienone is 1. The van der Waals surface area contributed by atoms with E-state index in [1.54, 1.807) is 14.0 Å². The van der Waals surface area contributed by atoms with Gasteiger partial charge in [-0.3, -0.25) is 9.59 Å². The average molecular weight is 451 g/mol. The van der Waals surface area contributed by atoms with Gasteiger partial charge in [-0.2, -0.15) is 0 Å². The molecule has 4 aliphatic carbocycles. The summed E-state index contributed by atoms with van der Waals surface area (Å²) in [6.45, 7) is 6.08. The Bertz CT molecular complexity index is 836. The zero-order valence-electron chi connectivity index (χ0n) is 19.3. The maximum atomic E-state index is 13.4. The molecule has 2 bridgehead atoms. The van der Waals surface area contributed by atoms with Gasteiger partial charge in [0.15, 0.2) is 6.79 Å². The van der Waals surface area contributed by atoms with Gasteiger partial charge in [0.1, 0.15) is 6.79 Å². The van der Waals surface area contributed by atoms with Crippen LogP contribution in [0.1, 0.15) is 39.0 Å². The van der Waals surface area contributed by atoms with E-state index in [0.29, 0.717) is 12.8 Å². The van der Waals surface area contributed by atoms with Crippen molar-refractivity contribution in [3.8, 4) is 0 Å². The third kappa shape index (κ3) is 3.18. The van der Waals surface area contributed by atoms with E-state index >= 15 is 0 Å². The Morgan fingerprint density at radius 2 is 1.94 bits per heavy atom. The second kappa shape index (κ2) is 8.24. The Hall–Kier alpha value is -1.74. The molecule has 0 radical (unpaired) electrons. The quantitative estimate of drug-likeness (QED) is 0.358. The molecule has 7 atom stereocenters. The minimum atomic E-state index is -1.09. The fourth-order valence-electron chi connectivity index (χ4n) is 7.31. The lowest BCUT2D eigenvalue weighted by atomic mass is 9.61. The summed E-state index contributed by atoms with van der Waals surface area (Å²) >= 11 is 0. The van der Waals surface area contributed by atoms with Gasteiger partial charge in [-0.15, -0.1) is 0 Å². The highest BCUT2D eigenvalue weighted by Crippen LogP contribution is 2.74. The number of hydrogen-bond acceptors (Lipinski definition) is 8. The first-order chi connectivity index (χ1) is 15.2. The second-order valence-corrected chi connectivity index (χ2v) is 10.00. The summed E-state index contributed by atoms with van der Waals surface area (Å²) in [5.74, 6) is -1.79. The predicted molar refractivity (Wildman–Crippen MR) is 113 cm³/mol. The van der Waals surface area contributed by atoms with Crippen LogP contribution in [0.3, 0.4) is 0 Å². The van der Waals surface area contributed by atoms with Gasteiger partial charge < -0.3 is 28.8 Å². The molecule has 32 heavy (non-hydrogen) atoms. The fourth-order valence-corrected chi connectivity index (χ4v) is 7.31. The van der Waals surface area contributed by atoms with Crippen LogP contribution >= 0.6 is 0 Å². The van der Waals surface area contributed by atoms with Gasteiger partial charge >= 0.3 is 11.9 Å². The lowest BCUT2D eigenvalue weighted by Gasteiger charge is -2.43. The molecule has 0 aromatic heterocycles. The lowest BCUT2D eigenvalue weighted by Crippen LogP contribution is -2.49. The number of ether oxygens (including phenoxy) is 5. The van der Waals surface area contributed by atoms with E-state index in [9.17, 15) is 14.7 Å². The molecule has 1 spiro atoms. The van der Waals surface area contributed by atoms with Crippen molar-refractivity contribution in [1.29, 1.82) is 0 Å². The third-order valence-corrected chi connectivity index (χ3v) is 8.43. The van der Waals surface area contributed by atoms with Gasteiger partial charge in [0.05, 0.1) is 30.1 Å². The highest BCUT2D eigenvalue weighted by atomic mass is 16.7. The van der Waals surface area contributed by atoms with Crippen LogP contribution in [-0.4, -0.2) is 63.7 Å². The molecule has 0 amide bonds. The van der Waals surface area contributed by atoms with E-state index in [0.717, 1.165) is 24.0 Å². The van der Waals surface area contributed by atoms with Crippen LogP contribution in [-0.2, 0) is 33.3 Å². The van der Waals surface area contributed by atoms with E-state index in [-0.39, 0.29) is 31.9 Å². The number of aliphatic hydroxyl groups excluding tert-OH is 1. The van der Waals surface area contributed by atoms with Crippen LogP contribution in [0.4, 0.5) is 0 Å². The normalized spacial score (nSPS) is 42.2. The van der Waals surface area contributed by atoms with E-state index < -0.39 is 40.3 Å². The summed E-state index contributed by atoms with van der Waals surface area (Å²) in [5.41, 5.74) is -0.217. The number of fused-ring (bicyclic) bond motifs is 3. The number of carbonyl (C=O) groups is 2. The van der Waals surface area contributed by atoms with Gasteiger partial charge in [0.25, 0.3) is 0 Å². The molecule has 8 nitrogen and oxygen atoms in total. The molecule has 0 saturated heterocycles. The molecule has 0 aliphatic heterocycles. The van der Waals surface area contributed by atoms with E-state index in [1.165, 1.54) is 14.2 Å². The number of esters is 2. The Labute approximate surface area is 188 Å². The summed E-state index contributed by atoms with van der Waals surface area (Å²) in [4.78, 5) is 26.6. The van der Waals surface area contributed by atoms with Gasteiger partial charge in [-0.05, 0) is 55.9 Å². The maximum Gasteiger partial charge on any atom is 0.314 e. The molecule has 0 aromatic rings. The Balaban J connectivity index is 1.82. The monoisotopic (exact) mass is 450 g/mol. The van der Waals surface area contributed by atoms with Crippen molar-refractivity contribution in [2.24, 2.45) is 28.6 Å². The number of methoxy groups -OCH3 is 3. The van der Waals surface area contributed by atoms with Crippen LogP contribution < -0.4 is 0 Å². The summed E-state index contributed by atoms with van der Waals surface area (Å²) in [6.07, 6.45) is 3.97. The van der Waals surface area contributed by atoms with E-state index in [1.807, 2.05) is 6.08 Å². The highest BCUT2D eigenvalue weighted by Gasteiger charge is 2.73.